The third-order valence-corrected chi connectivity index (χ3v) is 2.29. The van der Waals surface area contributed by atoms with Gasteiger partial charge < -0.3 is 10.1 Å². The van der Waals surface area contributed by atoms with E-state index in [1.807, 2.05) is 57.4 Å². The number of carbonyl (C=O) groups excluding carboxylic acids is 2. The van der Waals surface area contributed by atoms with Gasteiger partial charge in [-0.05, 0) is 32.4 Å². The average Bonchev–Trinajstić information content (AvgIpc) is 2.36. The molecule has 1 radical (unpaired) electrons. The van der Waals surface area contributed by atoms with Gasteiger partial charge >= 0.3 is 5.97 Å². The molecule has 1 rings (SSSR count). The molecule has 0 atom stereocenters. The highest BCUT2D eigenvalue weighted by Gasteiger charge is 2.15. The highest BCUT2D eigenvalue weighted by Crippen LogP contribution is 2.08. The number of ether oxygens (including phenoxy) is 1. The van der Waals surface area contributed by atoms with Gasteiger partial charge in [-0.2, -0.15) is 0 Å². The van der Waals surface area contributed by atoms with E-state index in [1.165, 1.54) is 0 Å². The highest BCUT2D eigenvalue weighted by atomic mass is 16.6. The number of esters is 1. The van der Waals surface area contributed by atoms with Crippen LogP contribution in [0.5, 0.6) is 0 Å². The fourth-order valence-electron chi connectivity index (χ4n) is 1.52. The van der Waals surface area contributed by atoms with Crippen molar-refractivity contribution in [3.8, 4) is 0 Å². The maximum Gasteiger partial charge on any atom is 0.308 e. The normalized spacial score (nSPS) is 11.8. The van der Waals surface area contributed by atoms with Crippen LogP contribution in [0.25, 0.3) is 6.08 Å². The van der Waals surface area contributed by atoms with E-state index < -0.39 is 5.60 Å². The second-order valence-corrected chi connectivity index (χ2v) is 5.33. The first-order valence-corrected chi connectivity index (χ1v) is 6.51. The van der Waals surface area contributed by atoms with Crippen molar-refractivity contribution in [2.24, 2.45) is 0 Å². The van der Waals surface area contributed by atoms with E-state index in [1.54, 1.807) is 6.08 Å². The third kappa shape index (κ3) is 6.73. The van der Waals surface area contributed by atoms with Gasteiger partial charge in [0.05, 0.1) is 12.1 Å². The van der Waals surface area contributed by atoms with Crippen molar-refractivity contribution in [2.75, 3.05) is 6.54 Å². The predicted octanol–water partition coefficient (Wildman–Crippen LogP) is 2.46. The number of allylic oxidation sites excluding steroid dienone is 1. The van der Waals surface area contributed by atoms with Crippen LogP contribution >= 0.6 is 0 Å². The van der Waals surface area contributed by atoms with Crippen LogP contribution in [-0.4, -0.2) is 24.4 Å². The van der Waals surface area contributed by atoms with Gasteiger partial charge in [0.1, 0.15) is 5.60 Å². The van der Waals surface area contributed by atoms with Crippen LogP contribution in [0.1, 0.15) is 32.8 Å². The molecule has 4 nitrogen and oxygen atoms in total. The lowest BCUT2D eigenvalue weighted by Gasteiger charge is -2.19. The van der Waals surface area contributed by atoms with Gasteiger partial charge in [-0.25, -0.2) is 0 Å². The summed E-state index contributed by atoms with van der Waals surface area (Å²) in [4.78, 5) is 22.3. The molecule has 0 fully saturated rings. The van der Waals surface area contributed by atoms with Crippen molar-refractivity contribution < 1.29 is 14.3 Å². The molecule has 1 aromatic carbocycles. The molecule has 20 heavy (non-hydrogen) atoms. The first-order valence-electron chi connectivity index (χ1n) is 6.51. The molecule has 1 N–H and O–H groups in total. The summed E-state index contributed by atoms with van der Waals surface area (Å²) in [5.74, 6) is -0.296. The number of rotatable bonds is 6. The Bertz CT molecular complexity index is 472. The third-order valence-electron chi connectivity index (χ3n) is 2.29. The van der Waals surface area contributed by atoms with E-state index in [0.29, 0.717) is 12.2 Å². The Labute approximate surface area is 119 Å². The van der Waals surface area contributed by atoms with E-state index in [4.69, 9.17) is 4.74 Å². The largest absolute Gasteiger partial charge is 0.460 e. The van der Waals surface area contributed by atoms with E-state index in [-0.39, 0.29) is 12.4 Å². The zero-order valence-corrected chi connectivity index (χ0v) is 12.1. The van der Waals surface area contributed by atoms with Crippen molar-refractivity contribution in [2.45, 2.75) is 32.8 Å². The van der Waals surface area contributed by atoms with Crippen molar-refractivity contribution >= 4 is 18.3 Å². The molecular weight excluding hydrogens is 254 g/mol. The Balaban J connectivity index is 2.45. The van der Waals surface area contributed by atoms with Crippen LogP contribution in [0.3, 0.4) is 0 Å². The van der Waals surface area contributed by atoms with Gasteiger partial charge in [-0.1, -0.05) is 30.3 Å². The average molecular weight is 274 g/mol. The van der Waals surface area contributed by atoms with Gasteiger partial charge in [0.2, 0.25) is 0 Å². The molecule has 0 heterocycles. The lowest BCUT2D eigenvalue weighted by atomic mass is 10.2. The van der Waals surface area contributed by atoms with Crippen molar-refractivity contribution in [1.82, 2.24) is 5.32 Å². The van der Waals surface area contributed by atoms with Crippen LogP contribution in [0.15, 0.2) is 36.0 Å². The van der Waals surface area contributed by atoms with Gasteiger partial charge in [-0.15, -0.1) is 0 Å². The van der Waals surface area contributed by atoms with Gasteiger partial charge in [0.15, 0.2) is 0 Å². The Hall–Kier alpha value is -2.10. The number of carbonyl (C=O) groups is 1. The predicted molar refractivity (Wildman–Crippen MR) is 78.6 cm³/mol. The quantitative estimate of drug-likeness (QED) is 0.639. The standard InChI is InChI=1S/C16H20NO3/c1-16(2,3)20-15(19)9-10-17-14(12-18)11-13-7-5-4-6-8-13/h4-8,11,17H,9-10H2,1-3H3. The molecule has 0 saturated carbocycles. The summed E-state index contributed by atoms with van der Waals surface area (Å²) in [5.41, 5.74) is 0.728. The number of hydrogen-bond acceptors (Lipinski definition) is 4. The van der Waals surface area contributed by atoms with E-state index in [9.17, 15) is 9.59 Å². The maximum absolute atomic E-state index is 11.5. The smallest absolute Gasteiger partial charge is 0.308 e. The molecule has 4 heteroatoms. The summed E-state index contributed by atoms with van der Waals surface area (Å²) in [6, 6.07) is 9.43. The zero-order chi connectivity index (χ0) is 15.0. The minimum absolute atomic E-state index is 0.199. The second kappa shape index (κ2) is 7.48. The minimum atomic E-state index is -0.490. The van der Waals surface area contributed by atoms with Crippen molar-refractivity contribution in [3.05, 3.63) is 41.6 Å². The summed E-state index contributed by atoms with van der Waals surface area (Å²) >= 11 is 0. The Morgan fingerprint density at radius 1 is 1.30 bits per heavy atom. The van der Waals surface area contributed by atoms with Crippen LogP contribution in [-0.2, 0) is 14.3 Å². The molecule has 0 bridgehead atoms. The molecule has 0 aliphatic rings. The van der Waals surface area contributed by atoms with E-state index in [0.717, 1.165) is 5.56 Å². The minimum Gasteiger partial charge on any atom is -0.460 e. The van der Waals surface area contributed by atoms with E-state index >= 15 is 0 Å². The summed E-state index contributed by atoms with van der Waals surface area (Å²) in [6.45, 7) is 5.79. The molecular formula is C16H20NO3. The van der Waals surface area contributed by atoms with Crippen molar-refractivity contribution in [3.63, 3.8) is 0 Å². The fraction of sp³-hybridized carbons (Fsp3) is 0.375. The zero-order valence-electron chi connectivity index (χ0n) is 12.1. The summed E-state index contributed by atoms with van der Waals surface area (Å²) in [6.07, 6.45) is 3.70. The van der Waals surface area contributed by atoms with Gasteiger partial charge in [-0.3, -0.25) is 9.59 Å². The lowest BCUT2D eigenvalue weighted by Crippen LogP contribution is -2.26. The molecule has 0 saturated heterocycles. The molecule has 0 aliphatic heterocycles. The highest BCUT2D eigenvalue weighted by molar-refractivity contribution is 5.81. The Morgan fingerprint density at radius 2 is 1.95 bits per heavy atom. The van der Waals surface area contributed by atoms with Crippen LogP contribution in [0.2, 0.25) is 0 Å². The lowest BCUT2D eigenvalue weighted by molar-refractivity contribution is -0.154. The summed E-state index contributed by atoms with van der Waals surface area (Å²) in [7, 11) is 0. The van der Waals surface area contributed by atoms with Crippen LogP contribution in [0, 0.1) is 0 Å². The first-order chi connectivity index (χ1) is 9.40. The topological polar surface area (TPSA) is 55.4 Å². The Morgan fingerprint density at radius 3 is 2.50 bits per heavy atom. The van der Waals surface area contributed by atoms with Gasteiger partial charge in [0, 0.05) is 6.54 Å². The second-order valence-electron chi connectivity index (χ2n) is 5.33. The number of hydrogen-bond donors (Lipinski definition) is 1. The summed E-state index contributed by atoms with van der Waals surface area (Å²) in [5, 5.41) is 2.87. The molecule has 0 amide bonds. The Kier molecular flexibility index (Phi) is 5.97. The molecule has 0 unspecified atom stereocenters. The van der Waals surface area contributed by atoms with Gasteiger partial charge in [0.25, 0.3) is 6.29 Å². The molecule has 0 aliphatic carbocycles. The summed E-state index contributed by atoms with van der Waals surface area (Å²) < 4.78 is 5.17. The maximum atomic E-state index is 11.5. The number of benzene rings is 1. The molecule has 0 spiro atoms. The molecule has 1 aromatic rings. The fourth-order valence-corrected chi connectivity index (χ4v) is 1.52. The SMILES string of the molecule is CC(C)(C)OC(=O)CCNC([C]=O)=Cc1ccccc1. The number of nitrogens with one attached hydrogen (secondary N) is 1. The molecule has 107 valence electrons. The van der Waals surface area contributed by atoms with E-state index in [2.05, 4.69) is 5.32 Å². The van der Waals surface area contributed by atoms with Crippen molar-refractivity contribution in [1.29, 1.82) is 0 Å². The van der Waals surface area contributed by atoms with Crippen LogP contribution in [0.4, 0.5) is 0 Å². The monoisotopic (exact) mass is 274 g/mol. The first kappa shape index (κ1) is 16.0. The van der Waals surface area contributed by atoms with Crippen LogP contribution < -0.4 is 5.32 Å². The molecule has 0 aromatic heterocycles.